The molecule has 2 rings (SSSR count). The first kappa shape index (κ1) is 13.3. The van der Waals surface area contributed by atoms with Gasteiger partial charge in [-0.3, -0.25) is 4.79 Å². The van der Waals surface area contributed by atoms with Crippen molar-refractivity contribution in [3.63, 3.8) is 0 Å². The van der Waals surface area contributed by atoms with Gasteiger partial charge in [-0.15, -0.1) is 11.3 Å². The van der Waals surface area contributed by atoms with Crippen LogP contribution in [-0.2, 0) is 11.2 Å². The average molecular weight is 301 g/mol. The summed E-state index contributed by atoms with van der Waals surface area (Å²) in [4.78, 5) is 15.8. The molecule has 0 fully saturated rings. The number of aryl methyl sites for hydroxylation is 1. The minimum atomic E-state index is -0.0905. The van der Waals surface area contributed by atoms with E-state index in [9.17, 15) is 4.79 Å². The first-order valence-electron chi connectivity index (χ1n) is 5.27. The highest BCUT2D eigenvalue weighted by atomic mass is 35.5. The molecule has 0 radical (unpaired) electrons. The van der Waals surface area contributed by atoms with Gasteiger partial charge in [-0.2, -0.15) is 0 Å². The summed E-state index contributed by atoms with van der Waals surface area (Å²) in [6.07, 6.45) is 1.00. The molecule has 0 aliphatic carbocycles. The Kier molecular flexibility index (Phi) is 4.58. The zero-order chi connectivity index (χ0) is 13.0. The molecule has 1 heterocycles. The summed E-state index contributed by atoms with van der Waals surface area (Å²) in [5, 5.41) is 5.66. The van der Waals surface area contributed by atoms with Crippen molar-refractivity contribution in [3.05, 3.63) is 44.8 Å². The standard InChI is InChI=1S/C12H10Cl2N2OS/c13-8-1-3-11(10(14)5-8)16-12(17)4-2-9-6-18-7-15-9/h1,3,5-7H,2,4H2,(H,16,17). The van der Waals surface area contributed by atoms with Crippen LogP contribution < -0.4 is 5.32 Å². The quantitative estimate of drug-likeness (QED) is 0.926. The van der Waals surface area contributed by atoms with Crippen LogP contribution in [0.1, 0.15) is 12.1 Å². The third kappa shape index (κ3) is 3.70. The van der Waals surface area contributed by atoms with Crippen molar-refractivity contribution in [2.45, 2.75) is 12.8 Å². The van der Waals surface area contributed by atoms with Gasteiger partial charge in [-0.25, -0.2) is 4.98 Å². The van der Waals surface area contributed by atoms with Crippen molar-refractivity contribution in [1.29, 1.82) is 0 Å². The van der Waals surface area contributed by atoms with Crippen LogP contribution in [-0.4, -0.2) is 10.9 Å². The first-order chi connectivity index (χ1) is 8.65. The lowest BCUT2D eigenvalue weighted by molar-refractivity contribution is -0.116. The second-order valence-corrected chi connectivity index (χ2v) is 5.21. The van der Waals surface area contributed by atoms with Crippen LogP contribution in [0.5, 0.6) is 0 Å². The Labute approximate surface area is 119 Å². The van der Waals surface area contributed by atoms with Crippen LogP contribution in [0.15, 0.2) is 29.1 Å². The molecule has 0 atom stereocenters. The zero-order valence-corrected chi connectivity index (χ0v) is 11.6. The summed E-state index contributed by atoms with van der Waals surface area (Å²) in [6.45, 7) is 0. The van der Waals surface area contributed by atoms with Crippen molar-refractivity contribution in [2.24, 2.45) is 0 Å². The maximum atomic E-state index is 11.7. The number of anilines is 1. The van der Waals surface area contributed by atoms with Crippen LogP contribution in [0.4, 0.5) is 5.69 Å². The van der Waals surface area contributed by atoms with Crippen LogP contribution >= 0.6 is 34.5 Å². The van der Waals surface area contributed by atoms with Gasteiger partial charge in [0.25, 0.3) is 0 Å². The number of nitrogens with zero attached hydrogens (tertiary/aromatic N) is 1. The minimum Gasteiger partial charge on any atom is -0.325 e. The predicted octanol–water partition coefficient (Wildman–Crippen LogP) is 4.02. The van der Waals surface area contributed by atoms with E-state index in [2.05, 4.69) is 10.3 Å². The Morgan fingerprint density at radius 3 is 2.89 bits per heavy atom. The Bertz CT molecular complexity index is 543. The number of carbonyl (C=O) groups is 1. The topological polar surface area (TPSA) is 42.0 Å². The van der Waals surface area contributed by atoms with Gasteiger partial charge in [-0.1, -0.05) is 23.2 Å². The first-order valence-corrected chi connectivity index (χ1v) is 6.97. The highest BCUT2D eigenvalue weighted by molar-refractivity contribution is 7.07. The molecule has 0 unspecified atom stereocenters. The van der Waals surface area contributed by atoms with Gasteiger partial charge in [0.05, 0.1) is 21.9 Å². The van der Waals surface area contributed by atoms with Crippen LogP contribution in [0.2, 0.25) is 10.0 Å². The molecule has 0 aliphatic heterocycles. The molecule has 1 N–H and O–H groups in total. The number of thiazole rings is 1. The van der Waals surface area contributed by atoms with E-state index in [1.807, 2.05) is 5.38 Å². The average Bonchev–Trinajstić information content (AvgIpc) is 2.83. The molecule has 2 aromatic rings. The molecule has 3 nitrogen and oxygen atoms in total. The summed E-state index contributed by atoms with van der Waals surface area (Å²) in [5.41, 5.74) is 3.25. The van der Waals surface area contributed by atoms with Crippen molar-refractivity contribution < 1.29 is 4.79 Å². The Balaban J connectivity index is 1.91. The smallest absolute Gasteiger partial charge is 0.224 e. The highest BCUT2D eigenvalue weighted by Gasteiger charge is 2.07. The minimum absolute atomic E-state index is 0.0905. The summed E-state index contributed by atoms with van der Waals surface area (Å²) in [7, 11) is 0. The number of amides is 1. The van der Waals surface area contributed by atoms with Crippen LogP contribution in [0, 0.1) is 0 Å². The summed E-state index contributed by atoms with van der Waals surface area (Å²) >= 11 is 13.3. The molecule has 6 heteroatoms. The third-order valence-corrected chi connectivity index (χ3v) is 3.48. The van der Waals surface area contributed by atoms with Crippen LogP contribution in [0.25, 0.3) is 0 Å². The number of benzene rings is 1. The molecule has 18 heavy (non-hydrogen) atoms. The number of rotatable bonds is 4. The second-order valence-electron chi connectivity index (χ2n) is 3.65. The number of halogens is 2. The van der Waals surface area contributed by atoms with Crippen molar-refractivity contribution in [3.8, 4) is 0 Å². The lowest BCUT2D eigenvalue weighted by atomic mass is 10.2. The largest absolute Gasteiger partial charge is 0.325 e. The van der Waals surface area contributed by atoms with Gasteiger partial charge < -0.3 is 5.32 Å². The molecule has 1 amide bonds. The fraction of sp³-hybridized carbons (Fsp3) is 0.167. The van der Waals surface area contributed by atoms with Gasteiger partial charge >= 0.3 is 0 Å². The molecule has 0 saturated heterocycles. The summed E-state index contributed by atoms with van der Waals surface area (Å²) in [5.74, 6) is -0.0905. The SMILES string of the molecule is O=C(CCc1cscn1)Nc1ccc(Cl)cc1Cl. The monoisotopic (exact) mass is 300 g/mol. The molecule has 0 spiro atoms. The fourth-order valence-corrected chi connectivity index (χ4v) is 2.45. The van der Waals surface area contributed by atoms with Crippen molar-refractivity contribution >= 4 is 46.1 Å². The fourth-order valence-electron chi connectivity index (χ4n) is 1.41. The molecular formula is C12H10Cl2N2OS. The van der Waals surface area contributed by atoms with Gasteiger partial charge in [0, 0.05) is 16.8 Å². The van der Waals surface area contributed by atoms with Gasteiger partial charge in [-0.05, 0) is 24.6 Å². The molecular weight excluding hydrogens is 291 g/mol. The molecule has 0 saturated carbocycles. The second kappa shape index (κ2) is 6.18. The van der Waals surface area contributed by atoms with E-state index in [4.69, 9.17) is 23.2 Å². The van der Waals surface area contributed by atoms with Crippen molar-refractivity contribution in [1.82, 2.24) is 4.98 Å². The Morgan fingerprint density at radius 2 is 2.22 bits per heavy atom. The lowest BCUT2D eigenvalue weighted by Crippen LogP contribution is -2.12. The maximum absolute atomic E-state index is 11.7. The summed E-state index contributed by atoms with van der Waals surface area (Å²) < 4.78 is 0. The predicted molar refractivity (Wildman–Crippen MR) is 75.5 cm³/mol. The number of hydrogen-bond donors (Lipinski definition) is 1. The maximum Gasteiger partial charge on any atom is 0.224 e. The van der Waals surface area contributed by atoms with Gasteiger partial charge in [0.15, 0.2) is 0 Å². The van der Waals surface area contributed by atoms with Gasteiger partial charge in [0.2, 0.25) is 5.91 Å². The molecule has 1 aromatic heterocycles. The zero-order valence-electron chi connectivity index (χ0n) is 9.32. The Hall–Kier alpha value is -1.10. The summed E-state index contributed by atoms with van der Waals surface area (Å²) in [6, 6.07) is 4.97. The van der Waals surface area contributed by atoms with E-state index in [0.717, 1.165) is 5.69 Å². The number of hydrogen-bond acceptors (Lipinski definition) is 3. The number of nitrogens with one attached hydrogen (secondary N) is 1. The normalized spacial score (nSPS) is 10.3. The molecule has 1 aromatic carbocycles. The van der Waals surface area contributed by atoms with E-state index in [1.165, 1.54) is 11.3 Å². The Morgan fingerprint density at radius 1 is 1.39 bits per heavy atom. The van der Waals surface area contributed by atoms with Gasteiger partial charge in [0.1, 0.15) is 0 Å². The number of aromatic nitrogens is 1. The highest BCUT2D eigenvalue weighted by Crippen LogP contribution is 2.25. The lowest BCUT2D eigenvalue weighted by Gasteiger charge is -2.06. The van der Waals surface area contributed by atoms with E-state index < -0.39 is 0 Å². The van der Waals surface area contributed by atoms with E-state index in [0.29, 0.717) is 28.6 Å². The number of carbonyl (C=O) groups excluding carboxylic acids is 1. The molecule has 0 bridgehead atoms. The third-order valence-electron chi connectivity index (χ3n) is 2.30. The van der Waals surface area contributed by atoms with E-state index >= 15 is 0 Å². The van der Waals surface area contributed by atoms with E-state index in [1.54, 1.807) is 23.7 Å². The van der Waals surface area contributed by atoms with E-state index in [-0.39, 0.29) is 5.91 Å². The molecule has 0 aliphatic rings. The molecule has 94 valence electrons. The van der Waals surface area contributed by atoms with Crippen molar-refractivity contribution in [2.75, 3.05) is 5.32 Å². The van der Waals surface area contributed by atoms with Crippen LogP contribution in [0.3, 0.4) is 0 Å².